The maximum Gasteiger partial charge on any atom is 0.269 e. The minimum Gasteiger partial charge on any atom is -0.379 e. The van der Waals surface area contributed by atoms with Crippen molar-refractivity contribution in [3.8, 4) is 0 Å². The Balaban J connectivity index is 2.43. The van der Waals surface area contributed by atoms with Gasteiger partial charge in [-0.25, -0.2) is 0 Å². The van der Waals surface area contributed by atoms with Gasteiger partial charge in [-0.2, -0.15) is 0 Å². The van der Waals surface area contributed by atoms with Crippen molar-refractivity contribution in [2.24, 2.45) is 10.7 Å². The van der Waals surface area contributed by atoms with Crippen LogP contribution in [0.4, 0.5) is 5.69 Å². The SMILES string of the molecule is CCCCN=C(N)SCc1ccc([N+](=O)[O-])cc1. The van der Waals surface area contributed by atoms with Crippen LogP contribution in [0.5, 0.6) is 0 Å². The normalized spacial score (nSPS) is 11.5. The van der Waals surface area contributed by atoms with Gasteiger partial charge in [-0.1, -0.05) is 37.2 Å². The molecule has 18 heavy (non-hydrogen) atoms. The molecule has 0 aliphatic rings. The van der Waals surface area contributed by atoms with Crippen LogP contribution in [-0.2, 0) is 5.75 Å². The number of unbranched alkanes of at least 4 members (excludes halogenated alkanes) is 1. The van der Waals surface area contributed by atoms with Crippen LogP contribution in [0, 0.1) is 10.1 Å². The average molecular weight is 267 g/mol. The number of aliphatic imine (C=N–C) groups is 1. The maximum atomic E-state index is 10.5. The molecule has 98 valence electrons. The van der Waals surface area contributed by atoms with Crippen LogP contribution in [0.1, 0.15) is 25.3 Å². The van der Waals surface area contributed by atoms with Gasteiger partial charge >= 0.3 is 0 Å². The highest BCUT2D eigenvalue weighted by Gasteiger charge is 2.04. The van der Waals surface area contributed by atoms with E-state index in [1.165, 1.54) is 23.9 Å². The van der Waals surface area contributed by atoms with Crippen molar-refractivity contribution in [3.63, 3.8) is 0 Å². The number of nitro groups is 1. The number of rotatable bonds is 6. The molecule has 0 saturated heterocycles. The van der Waals surface area contributed by atoms with Crippen LogP contribution < -0.4 is 5.73 Å². The van der Waals surface area contributed by atoms with Crippen LogP contribution in [0.2, 0.25) is 0 Å². The third-order valence-electron chi connectivity index (χ3n) is 2.31. The molecule has 5 nitrogen and oxygen atoms in total. The van der Waals surface area contributed by atoms with Gasteiger partial charge in [0.2, 0.25) is 0 Å². The zero-order valence-corrected chi connectivity index (χ0v) is 11.2. The van der Waals surface area contributed by atoms with E-state index in [1.54, 1.807) is 12.1 Å². The van der Waals surface area contributed by atoms with Crippen molar-refractivity contribution in [1.29, 1.82) is 0 Å². The van der Waals surface area contributed by atoms with E-state index >= 15 is 0 Å². The second kappa shape index (κ2) is 7.71. The zero-order valence-electron chi connectivity index (χ0n) is 10.3. The topological polar surface area (TPSA) is 81.5 Å². The Morgan fingerprint density at radius 2 is 2.11 bits per heavy atom. The van der Waals surface area contributed by atoms with Gasteiger partial charge in [-0.15, -0.1) is 0 Å². The van der Waals surface area contributed by atoms with Crippen LogP contribution in [0.15, 0.2) is 29.3 Å². The van der Waals surface area contributed by atoms with E-state index in [0.29, 0.717) is 10.9 Å². The molecule has 0 aromatic heterocycles. The summed E-state index contributed by atoms with van der Waals surface area (Å²) in [5, 5.41) is 11.1. The monoisotopic (exact) mass is 267 g/mol. The average Bonchev–Trinajstić information content (AvgIpc) is 2.37. The minimum absolute atomic E-state index is 0.105. The van der Waals surface area contributed by atoms with E-state index in [2.05, 4.69) is 11.9 Å². The van der Waals surface area contributed by atoms with E-state index in [0.717, 1.165) is 24.9 Å². The smallest absolute Gasteiger partial charge is 0.269 e. The van der Waals surface area contributed by atoms with Gasteiger partial charge in [0.1, 0.15) is 0 Å². The molecule has 0 aliphatic heterocycles. The van der Waals surface area contributed by atoms with Gasteiger partial charge in [0.05, 0.1) is 4.92 Å². The number of amidine groups is 1. The molecule has 0 aliphatic carbocycles. The van der Waals surface area contributed by atoms with Crippen molar-refractivity contribution in [2.45, 2.75) is 25.5 Å². The predicted octanol–water partition coefficient (Wildman–Crippen LogP) is 2.94. The fourth-order valence-corrected chi connectivity index (χ4v) is 1.95. The molecule has 0 radical (unpaired) electrons. The first kappa shape index (κ1) is 14.5. The molecule has 1 rings (SSSR count). The summed E-state index contributed by atoms with van der Waals surface area (Å²) in [7, 11) is 0. The van der Waals surface area contributed by atoms with Crippen molar-refractivity contribution in [3.05, 3.63) is 39.9 Å². The number of thioether (sulfide) groups is 1. The standard InChI is InChI=1S/C12H17N3O2S/c1-2-3-8-14-12(13)18-9-10-4-6-11(7-5-10)15(16)17/h4-7H,2-3,8-9H2,1H3,(H2,13,14). The highest BCUT2D eigenvalue weighted by Crippen LogP contribution is 2.16. The first-order valence-corrected chi connectivity index (χ1v) is 6.78. The summed E-state index contributed by atoms with van der Waals surface area (Å²) in [6.45, 7) is 2.87. The van der Waals surface area contributed by atoms with Gasteiger partial charge in [-0.3, -0.25) is 15.1 Å². The predicted molar refractivity (Wildman–Crippen MR) is 75.8 cm³/mol. The molecule has 0 unspecified atom stereocenters. The third kappa shape index (κ3) is 5.18. The number of nitrogens with zero attached hydrogens (tertiary/aromatic N) is 2. The molecule has 0 amide bonds. The first-order chi connectivity index (χ1) is 8.63. The van der Waals surface area contributed by atoms with E-state index in [4.69, 9.17) is 5.73 Å². The second-order valence-corrected chi connectivity index (χ2v) is 4.78. The molecule has 0 bridgehead atoms. The van der Waals surface area contributed by atoms with Crippen molar-refractivity contribution >= 4 is 22.6 Å². The molecule has 0 atom stereocenters. The first-order valence-electron chi connectivity index (χ1n) is 5.79. The summed E-state index contributed by atoms with van der Waals surface area (Å²) < 4.78 is 0. The molecule has 0 fully saturated rings. The van der Waals surface area contributed by atoms with Crippen LogP contribution >= 0.6 is 11.8 Å². The summed E-state index contributed by atoms with van der Waals surface area (Å²) in [6.07, 6.45) is 2.14. The summed E-state index contributed by atoms with van der Waals surface area (Å²) in [5.41, 5.74) is 6.85. The van der Waals surface area contributed by atoms with E-state index < -0.39 is 4.92 Å². The van der Waals surface area contributed by atoms with Gasteiger partial charge in [0.25, 0.3) is 5.69 Å². The molecule has 0 heterocycles. The fraction of sp³-hybridized carbons (Fsp3) is 0.417. The Kier molecular flexibility index (Phi) is 6.21. The second-order valence-electron chi connectivity index (χ2n) is 3.79. The lowest BCUT2D eigenvalue weighted by Gasteiger charge is -2.01. The summed E-state index contributed by atoms with van der Waals surface area (Å²) in [4.78, 5) is 14.3. The largest absolute Gasteiger partial charge is 0.379 e. The van der Waals surface area contributed by atoms with Crippen LogP contribution in [0.25, 0.3) is 0 Å². The van der Waals surface area contributed by atoms with E-state index in [-0.39, 0.29) is 5.69 Å². The van der Waals surface area contributed by atoms with Gasteiger partial charge in [0, 0.05) is 24.4 Å². The summed E-state index contributed by atoms with van der Waals surface area (Å²) >= 11 is 1.45. The molecular weight excluding hydrogens is 250 g/mol. The molecule has 0 spiro atoms. The van der Waals surface area contributed by atoms with E-state index in [1.807, 2.05) is 0 Å². The summed E-state index contributed by atoms with van der Waals surface area (Å²) in [6, 6.07) is 6.48. The highest BCUT2D eigenvalue weighted by molar-refractivity contribution is 8.13. The van der Waals surface area contributed by atoms with Crippen molar-refractivity contribution < 1.29 is 4.92 Å². The zero-order chi connectivity index (χ0) is 13.4. The van der Waals surface area contributed by atoms with Gasteiger partial charge in [-0.05, 0) is 12.0 Å². The Morgan fingerprint density at radius 1 is 1.44 bits per heavy atom. The molecular formula is C12H17N3O2S. The van der Waals surface area contributed by atoms with Crippen LogP contribution in [0.3, 0.4) is 0 Å². The lowest BCUT2D eigenvalue weighted by molar-refractivity contribution is -0.384. The van der Waals surface area contributed by atoms with Crippen molar-refractivity contribution in [1.82, 2.24) is 0 Å². The number of hydrogen-bond donors (Lipinski definition) is 1. The number of hydrogen-bond acceptors (Lipinski definition) is 4. The van der Waals surface area contributed by atoms with E-state index in [9.17, 15) is 10.1 Å². The number of benzene rings is 1. The molecule has 1 aromatic carbocycles. The third-order valence-corrected chi connectivity index (χ3v) is 3.22. The quantitative estimate of drug-likeness (QED) is 0.282. The molecule has 1 aromatic rings. The molecule has 2 N–H and O–H groups in total. The van der Waals surface area contributed by atoms with Gasteiger partial charge < -0.3 is 5.73 Å². The highest BCUT2D eigenvalue weighted by atomic mass is 32.2. The molecule has 0 saturated carbocycles. The summed E-state index contributed by atoms with van der Waals surface area (Å²) in [5.74, 6) is 0.680. The minimum atomic E-state index is -0.405. The van der Waals surface area contributed by atoms with Crippen molar-refractivity contribution in [2.75, 3.05) is 6.54 Å². The number of nitro benzene ring substituents is 1. The number of nitrogens with two attached hydrogens (primary N) is 1. The molecule has 6 heteroatoms. The lowest BCUT2D eigenvalue weighted by Crippen LogP contribution is -2.07. The lowest BCUT2D eigenvalue weighted by atomic mass is 10.2. The Labute approximate surface area is 111 Å². The number of non-ortho nitro benzene ring substituents is 1. The van der Waals surface area contributed by atoms with Gasteiger partial charge in [0.15, 0.2) is 5.17 Å². The Bertz CT molecular complexity index is 418. The van der Waals surface area contributed by atoms with Crippen LogP contribution in [-0.4, -0.2) is 16.6 Å². The Hall–Kier alpha value is -1.56. The maximum absolute atomic E-state index is 10.5. The fourth-order valence-electron chi connectivity index (χ4n) is 1.26. The Morgan fingerprint density at radius 3 is 2.67 bits per heavy atom.